The third kappa shape index (κ3) is 1.73. The zero-order chi connectivity index (χ0) is 14.2. The van der Waals surface area contributed by atoms with E-state index in [1.54, 1.807) is 5.56 Å². The normalized spacial score (nSPS) is 49.6. The lowest BCUT2D eigenvalue weighted by Gasteiger charge is -2.69. The molecule has 0 aliphatic heterocycles. The molecule has 0 radical (unpaired) electrons. The van der Waals surface area contributed by atoms with Gasteiger partial charge in [-0.15, -0.1) is 0 Å². The number of rotatable bonds is 1. The fourth-order valence-electron chi connectivity index (χ4n) is 7.51. The van der Waals surface area contributed by atoms with Gasteiger partial charge < -0.3 is 0 Å². The van der Waals surface area contributed by atoms with E-state index in [0.29, 0.717) is 21.7 Å². The van der Waals surface area contributed by atoms with Crippen molar-refractivity contribution >= 4 is 0 Å². The lowest BCUT2D eigenvalue weighted by atomic mass is 9.35. The predicted molar refractivity (Wildman–Crippen MR) is 84.9 cm³/mol. The van der Waals surface area contributed by atoms with Gasteiger partial charge in [-0.3, -0.25) is 0 Å². The van der Waals surface area contributed by atoms with Crippen LogP contribution in [0.15, 0.2) is 24.3 Å². The molecule has 0 unspecified atom stereocenters. The molecule has 0 nitrogen and oxygen atoms in total. The Morgan fingerprint density at radius 1 is 0.650 bits per heavy atom. The van der Waals surface area contributed by atoms with Gasteiger partial charge >= 0.3 is 0 Å². The summed E-state index contributed by atoms with van der Waals surface area (Å²) in [5.41, 5.74) is 5.25. The van der Waals surface area contributed by atoms with Gasteiger partial charge in [-0.1, -0.05) is 50.6 Å². The average Bonchev–Trinajstić information content (AvgIpc) is 2.22. The molecule has 4 fully saturated rings. The second-order valence-corrected chi connectivity index (χ2v) is 9.64. The van der Waals surface area contributed by atoms with Crippen molar-refractivity contribution in [3.8, 4) is 0 Å². The topological polar surface area (TPSA) is 0 Å². The van der Waals surface area contributed by atoms with Crippen molar-refractivity contribution in [3.63, 3.8) is 0 Å². The maximum atomic E-state index is 2.57. The summed E-state index contributed by atoms with van der Waals surface area (Å²) in [6, 6.07) is 9.50. The maximum Gasteiger partial charge on any atom is -0.00314 e. The maximum absolute atomic E-state index is 2.57. The highest BCUT2D eigenvalue weighted by atomic mass is 14.7. The summed E-state index contributed by atoms with van der Waals surface area (Å²) < 4.78 is 0. The largest absolute Gasteiger partial charge is 0.0596 e. The molecule has 0 heterocycles. The summed E-state index contributed by atoms with van der Waals surface area (Å²) in [5, 5.41) is 0. The van der Waals surface area contributed by atoms with Crippen LogP contribution in [-0.4, -0.2) is 0 Å². The Kier molecular flexibility index (Phi) is 2.27. The minimum absolute atomic E-state index is 0.473. The number of hydrogen-bond donors (Lipinski definition) is 0. The Bertz CT molecular complexity index is 496. The lowest BCUT2D eigenvalue weighted by Crippen LogP contribution is -2.60. The molecule has 20 heavy (non-hydrogen) atoms. The number of aryl methyl sites for hydroxylation is 1. The van der Waals surface area contributed by atoms with Crippen LogP contribution in [0.3, 0.4) is 0 Å². The third-order valence-electron chi connectivity index (χ3n) is 6.52. The molecule has 4 aliphatic carbocycles. The van der Waals surface area contributed by atoms with Gasteiger partial charge in [-0.25, -0.2) is 0 Å². The van der Waals surface area contributed by atoms with E-state index in [2.05, 4.69) is 52.0 Å². The van der Waals surface area contributed by atoms with Crippen molar-refractivity contribution in [1.29, 1.82) is 0 Å². The van der Waals surface area contributed by atoms with Gasteiger partial charge in [0.05, 0.1) is 0 Å². The average molecular weight is 268 g/mol. The standard InChI is InChI=1S/C20H28/c1-15-5-7-16(8-6-15)20-12-17(2)9-18(3,13-20)11-19(4,10-17)14-20/h5-8H,9-14H2,1-4H3. The van der Waals surface area contributed by atoms with Gasteiger partial charge in [0.25, 0.3) is 0 Å². The molecular formula is C20H28. The van der Waals surface area contributed by atoms with Crippen LogP contribution in [0.4, 0.5) is 0 Å². The highest BCUT2D eigenvalue weighted by Crippen LogP contribution is 2.73. The number of hydrogen-bond acceptors (Lipinski definition) is 0. The van der Waals surface area contributed by atoms with Crippen LogP contribution >= 0.6 is 0 Å². The van der Waals surface area contributed by atoms with Crippen LogP contribution < -0.4 is 0 Å². The summed E-state index contributed by atoms with van der Waals surface area (Å²) in [5.74, 6) is 0. The Balaban J connectivity index is 1.84. The van der Waals surface area contributed by atoms with Gasteiger partial charge in [0.15, 0.2) is 0 Å². The van der Waals surface area contributed by atoms with E-state index in [1.807, 2.05) is 0 Å². The van der Waals surface area contributed by atoms with E-state index in [1.165, 1.54) is 44.1 Å². The fraction of sp³-hybridized carbons (Fsp3) is 0.700. The van der Waals surface area contributed by atoms with Gasteiger partial charge in [0.1, 0.15) is 0 Å². The van der Waals surface area contributed by atoms with E-state index in [4.69, 9.17) is 0 Å². The smallest absolute Gasteiger partial charge is 0.00314 e. The van der Waals surface area contributed by atoms with E-state index in [-0.39, 0.29) is 0 Å². The van der Waals surface area contributed by atoms with Gasteiger partial charge in [0, 0.05) is 0 Å². The minimum atomic E-state index is 0.473. The predicted octanol–water partition coefficient (Wildman–Crippen LogP) is 5.63. The van der Waals surface area contributed by atoms with Crippen LogP contribution in [-0.2, 0) is 5.41 Å². The zero-order valence-electron chi connectivity index (χ0n) is 13.6. The molecule has 5 rings (SSSR count). The van der Waals surface area contributed by atoms with Crippen molar-refractivity contribution in [2.45, 2.75) is 71.6 Å². The first-order valence-electron chi connectivity index (χ1n) is 8.31. The Morgan fingerprint density at radius 3 is 1.45 bits per heavy atom. The lowest BCUT2D eigenvalue weighted by molar-refractivity contribution is -0.152. The second-order valence-electron chi connectivity index (χ2n) is 9.64. The Hall–Kier alpha value is -0.780. The first kappa shape index (κ1) is 12.9. The molecule has 108 valence electrons. The quantitative estimate of drug-likeness (QED) is 0.619. The molecule has 1 aromatic carbocycles. The Morgan fingerprint density at radius 2 is 1.05 bits per heavy atom. The van der Waals surface area contributed by atoms with Crippen molar-refractivity contribution in [1.82, 2.24) is 0 Å². The molecular weight excluding hydrogens is 240 g/mol. The van der Waals surface area contributed by atoms with Crippen molar-refractivity contribution in [3.05, 3.63) is 35.4 Å². The summed E-state index contributed by atoms with van der Waals surface area (Å²) >= 11 is 0. The zero-order valence-corrected chi connectivity index (χ0v) is 13.6. The summed E-state index contributed by atoms with van der Waals surface area (Å²) in [7, 11) is 0. The third-order valence-corrected chi connectivity index (χ3v) is 6.52. The highest BCUT2D eigenvalue weighted by Gasteiger charge is 2.64. The van der Waals surface area contributed by atoms with Crippen molar-refractivity contribution in [2.75, 3.05) is 0 Å². The number of benzene rings is 1. The summed E-state index contributed by atoms with van der Waals surface area (Å²) in [4.78, 5) is 0. The van der Waals surface area contributed by atoms with Crippen molar-refractivity contribution < 1.29 is 0 Å². The first-order valence-corrected chi connectivity index (χ1v) is 8.31. The van der Waals surface area contributed by atoms with Crippen molar-refractivity contribution in [2.24, 2.45) is 16.2 Å². The SMILES string of the molecule is Cc1ccc(C23CC4(C)CC(C)(CC(C)(C4)C2)C3)cc1. The molecule has 1 aromatic rings. The summed E-state index contributed by atoms with van der Waals surface area (Å²) in [6.45, 7) is 9.92. The van der Waals surface area contributed by atoms with Gasteiger partial charge in [-0.05, 0) is 72.7 Å². The van der Waals surface area contributed by atoms with E-state index < -0.39 is 0 Å². The van der Waals surface area contributed by atoms with Crippen LogP contribution in [0, 0.1) is 23.2 Å². The molecule has 0 saturated heterocycles. The highest BCUT2D eigenvalue weighted by molar-refractivity contribution is 5.34. The van der Waals surface area contributed by atoms with Gasteiger partial charge in [0.2, 0.25) is 0 Å². The van der Waals surface area contributed by atoms with Crippen LogP contribution in [0.25, 0.3) is 0 Å². The van der Waals surface area contributed by atoms with Crippen LogP contribution in [0.5, 0.6) is 0 Å². The molecule has 0 heteroatoms. The second kappa shape index (κ2) is 3.51. The molecule has 0 spiro atoms. The van der Waals surface area contributed by atoms with E-state index in [0.717, 1.165) is 0 Å². The van der Waals surface area contributed by atoms with E-state index in [9.17, 15) is 0 Å². The van der Waals surface area contributed by atoms with Crippen LogP contribution in [0.2, 0.25) is 0 Å². The molecule has 0 atom stereocenters. The van der Waals surface area contributed by atoms with Gasteiger partial charge in [-0.2, -0.15) is 0 Å². The van der Waals surface area contributed by atoms with Crippen LogP contribution in [0.1, 0.15) is 70.4 Å². The molecule has 4 aliphatic rings. The van der Waals surface area contributed by atoms with E-state index >= 15 is 0 Å². The molecule has 4 saturated carbocycles. The monoisotopic (exact) mass is 268 g/mol. The summed E-state index contributed by atoms with van der Waals surface area (Å²) in [6.07, 6.45) is 8.66. The molecule has 0 aromatic heterocycles. The molecule has 0 N–H and O–H groups in total. The molecule has 4 bridgehead atoms. The minimum Gasteiger partial charge on any atom is -0.0596 e. The fourth-order valence-corrected chi connectivity index (χ4v) is 7.51. The molecule has 0 amide bonds. The first-order chi connectivity index (χ1) is 9.24. The Labute approximate surface area is 124 Å².